The smallest absolute Gasteiger partial charge is 0.406 e. The van der Waals surface area contributed by atoms with Crippen LogP contribution in [0.15, 0.2) is 42.9 Å². The van der Waals surface area contributed by atoms with Gasteiger partial charge in [-0.15, -0.1) is 18.3 Å². The van der Waals surface area contributed by atoms with Crippen LogP contribution in [-0.2, 0) is 7.05 Å². The molecule has 0 spiro atoms. The third-order valence-electron chi connectivity index (χ3n) is 5.86. The third kappa shape index (κ3) is 6.90. The molecule has 0 bridgehead atoms. The largest absolute Gasteiger partial charge is 0.573 e. The molecule has 1 amide bonds. The standard InChI is InChI=1S/C25H28F3N9O2/c1-15-23(37-14-22(33-34-37)21-13-31-36(5)16(21)2)11-19(12-30-15)32-24(38)17-8-18(29-6-7-35(3)4)10-20(9-17)39-25(26,27)28/h8-14,29H,6-7H2,1-5H3,(H,32,38). The van der Waals surface area contributed by atoms with Gasteiger partial charge >= 0.3 is 6.36 Å². The number of amides is 1. The molecule has 0 saturated heterocycles. The maximum atomic E-state index is 13.1. The first-order chi connectivity index (χ1) is 18.4. The number of aryl methyl sites for hydroxylation is 2. The van der Waals surface area contributed by atoms with Crippen molar-refractivity contribution >= 4 is 17.3 Å². The van der Waals surface area contributed by atoms with Crippen LogP contribution in [0.3, 0.4) is 0 Å². The van der Waals surface area contributed by atoms with E-state index in [9.17, 15) is 18.0 Å². The molecule has 0 saturated carbocycles. The Kier molecular flexibility index (Phi) is 7.85. The van der Waals surface area contributed by atoms with Crippen LogP contribution in [0, 0.1) is 13.8 Å². The predicted molar refractivity (Wildman–Crippen MR) is 139 cm³/mol. The number of halogens is 3. The summed E-state index contributed by atoms with van der Waals surface area (Å²) in [5.41, 5.74) is 4.16. The topological polar surface area (TPSA) is 115 Å². The fourth-order valence-electron chi connectivity index (χ4n) is 3.73. The molecule has 4 rings (SSSR count). The lowest BCUT2D eigenvalue weighted by atomic mass is 10.1. The molecule has 14 heteroatoms. The van der Waals surface area contributed by atoms with Crippen LogP contribution in [0.2, 0.25) is 0 Å². The van der Waals surface area contributed by atoms with Crippen LogP contribution < -0.4 is 15.4 Å². The fraction of sp³-hybridized carbons (Fsp3) is 0.320. The molecule has 11 nitrogen and oxygen atoms in total. The van der Waals surface area contributed by atoms with E-state index in [0.717, 1.165) is 17.3 Å². The molecule has 3 aromatic heterocycles. The van der Waals surface area contributed by atoms with Crippen LogP contribution in [-0.4, -0.2) is 74.1 Å². The first-order valence-corrected chi connectivity index (χ1v) is 11.9. The highest BCUT2D eigenvalue weighted by Crippen LogP contribution is 2.28. The zero-order valence-corrected chi connectivity index (χ0v) is 22.0. The van der Waals surface area contributed by atoms with Crippen molar-refractivity contribution in [1.82, 2.24) is 34.7 Å². The average Bonchev–Trinajstić information content (AvgIpc) is 3.45. The molecule has 0 aliphatic rings. The lowest BCUT2D eigenvalue weighted by molar-refractivity contribution is -0.274. The van der Waals surface area contributed by atoms with Gasteiger partial charge in [0.15, 0.2) is 0 Å². The van der Waals surface area contributed by atoms with Crippen molar-refractivity contribution in [3.63, 3.8) is 0 Å². The molecule has 0 aliphatic carbocycles. The van der Waals surface area contributed by atoms with Gasteiger partial charge in [-0.05, 0) is 46.1 Å². The number of carbonyl (C=O) groups is 1. The summed E-state index contributed by atoms with van der Waals surface area (Å²) in [5, 5.41) is 18.4. The van der Waals surface area contributed by atoms with Crippen molar-refractivity contribution in [2.45, 2.75) is 20.2 Å². The van der Waals surface area contributed by atoms with E-state index >= 15 is 0 Å². The first kappa shape index (κ1) is 27.6. The van der Waals surface area contributed by atoms with Gasteiger partial charge in [0, 0.05) is 48.7 Å². The molecule has 0 atom stereocenters. The highest BCUT2D eigenvalue weighted by Gasteiger charge is 2.31. The lowest BCUT2D eigenvalue weighted by Gasteiger charge is -2.15. The zero-order valence-electron chi connectivity index (χ0n) is 22.0. The highest BCUT2D eigenvalue weighted by atomic mass is 19.4. The number of hydrogen-bond donors (Lipinski definition) is 2. The second kappa shape index (κ2) is 11.1. The Morgan fingerprint density at radius 1 is 1.10 bits per heavy atom. The number of rotatable bonds is 9. The quantitative estimate of drug-likeness (QED) is 0.328. The minimum Gasteiger partial charge on any atom is -0.406 e. The van der Waals surface area contributed by atoms with Crippen molar-refractivity contribution in [2.75, 3.05) is 37.8 Å². The summed E-state index contributed by atoms with van der Waals surface area (Å²) in [6.45, 7) is 4.78. The van der Waals surface area contributed by atoms with E-state index in [0.29, 0.717) is 41.5 Å². The molecule has 0 aliphatic heterocycles. The maximum Gasteiger partial charge on any atom is 0.573 e. The van der Waals surface area contributed by atoms with Gasteiger partial charge in [-0.25, -0.2) is 4.68 Å². The Hall–Kier alpha value is -4.46. The molecule has 4 aromatic rings. The molecule has 0 fully saturated rings. The van der Waals surface area contributed by atoms with Crippen molar-refractivity contribution < 1.29 is 22.7 Å². The molecule has 2 N–H and O–H groups in total. The molecular weight excluding hydrogens is 515 g/mol. The average molecular weight is 544 g/mol. The summed E-state index contributed by atoms with van der Waals surface area (Å²) in [4.78, 5) is 19.3. The number of aromatic nitrogens is 6. The molecule has 39 heavy (non-hydrogen) atoms. The predicted octanol–water partition coefficient (Wildman–Crippen LogP) is 3.80. The molecular formula is C25H28F3N9O2. The van der Waals surface area contributed by atoms with Gasteiger partial charge in [0.25, 0.3) is 5.91 Å². The van der Waals surface area contributed by atoms with E-state index in [1.807, 2.05) is 33.0 Å². The van der Waals surface area contributed by atoms with E-state index in [1.165, 1.54) is 23.0 Å². The summed E-state index contributed by atoms with van der Waals surface area (Å²) in [7, 11) is 5.57. The summed E-state index contributed by atoms with van der Waals surface area (Å²) < 4.78 is 46.1. The lowest BCUT2D eigenvalue weighted by Crippen LogP contribution is -2.21. The van der Waals surface area contributed by atoms with Gasteiger partial charge in [0.1, 0.15) is 11.4 Å². The normalized spacial score (nSPS) is 11.6. The SMILES string of the molecule is Cc1ncc(NC(=O)c2cc(NCCN(C)C)cc(OC(F)(F)F)c2)cc1-n1cc(-c2cnn(C)c2C)nn1. The summed E-state index contributed by atoms with van der Waals surface area (Å²) in [6.07, 6.45) is -0.0299. The zero-order chi connectivity index (χ0) is 28.3. The monoisotopic (exact) mass is 543 g/mol. The van der Waals surface area contributed by atoms with Gasteiger partial charge in [-0.3, -0.25) is 14.5 Å². The number of likely N-dealkylation sites (N-methyl/N-ethyl adjacent to an activating group) is 1. The summed E-state index contributed by atoms with van der Waals surface area (Å²) >= 11 is 0. The Bertz CT molecular complexity index is 1480. The molecule has 0 unspecified atom stereocenters. The number of benzene rings is 1. The van der Waals surface area contributed by atoms with Crippen molar-refractivity contribution in [3.05, 3.63) is 59.8 Å². The summed E-state index contributed by atoms with van der Waals surface area (Å²) in [5.74, 6) is -1.15. The number of nitrogens with one attached hydrogen (secondary N) is 2. The van der Waals surface area contributed by atoms with E-state index in [2.05, 4.69) is 35.8 Å². The molecule has 0 radical (unpaired) electrons. The van der Waals surface area contributed by atoms with Crippen LogP contribution in [0.25, 0.3) is 16.9 Å². The second-order valence-electron chi connectivity index (χ2n) is 9.12. The number of carbonyl (C=O) groups excluding carboxylic acids is 1. The van der Waals surface area contributed by atoms with Gasteiger partial charge in [-0.2, -0.15) is 5.10 Å². The first-order valence-electron chi connectivity index (χ1n) is 11.9. The Labute approximate surface area is 222 Å². The molecule has 1 aromatic carbocycles. The van der Waals surface area contributed by atoms with Crippen molar-refractivity contribution in [2.24, 2.45) is 7.05 Å². The van der Waals surface area contributed by atoms with Crippen molar-refractivity contribution in [3.8, 4) is 22.7 Å². The minimum atomic E-state index is -4.91. The van der Waals surface area contributed by atoms with Crippen LogP contribution >= 0.6 is 0 Å². The summed E-state index contributed by atoms with van der Waals surface area (Å²) in [6, 6.07) is 5.33. The number of ether oxygens (including phenoxy) is 1. The van der Waals surface area contributed by atoms with Gasteiger partial charge in [0.05, 0.1) is 35.7 Å². The van der Waals surface area contributed by atoms with Gasteiger partial charge in [0.2, 0.25) is 0 Å². The number of nitrogens with zero attached hydrogens (tertiary/aromatic N) is 7. The Morgan fingerprint density at radius 2 is 1.87 bits per heavy atom. The maximum absolute atomic E-state index is 13.1. The number of alkyl halides is 3. The number of pyridine rings is 1. The Morgan fingerprint density at radius 3 is 2.54 bits per heavy atom. The fourth-order valence-corrected chi connectivity index (χ4v) is 3.73. The molecule has 3 heterocycles. The van der Waals surface area contributed by atoms with Crippen LogP contribution in [0.5, 0.6) is 5.75 Å². The van der Waals surface area contributed by atoms with E-state index in [4.69, 9.17) is 0 Å². The highest BCUT2D eigenvalue weighted by molar-refractivity contribution is 6.05. The van der Waals surface area contributed by atoms with Crippen molar-refractivity contribution in [1.29, 1.82) is 0 Å². The second-order valence-corrected chi connectivity index (χ2v) is 9.12. The van der Waals surface area contributed by atoms with E-state index in [-0.39, 0.29) is 5.56 Å². The van der Waals surface area contributed by atoms with Gasteiger partial charge < -0.3 is 20.3 Å². The van der Waals surface area contributed by atoms with Gasteiger partial charge in [-0.1, -0.05) is 5.21 Å². The number of hydrogen-bond acceptors (Lipinski definition) is 8. The minimum absolute atomic E-state index is 0.0266. The number of anilines is 2. The molecule has 206 valence electrons. The third-order valence-corrected chi connectivity index (χ3v) is 5.86. The van der Waals surface area contributed by atoms with Crippen LogP contribution in [0.4, 0.5) is 24.5 Å². The Balaban J connectivity index is 1.58. The van der Waals surface area contributed by atoms with E-state index < -0.39 is 18.0 Å². The van der Waals surface area contributed by atoms with Crippen LogP contribution in [0.1, 0.15) is 21.7 Å². The van der Waals surface area contributed by atoms with E-state index in [1.54, 1.807) is 30.1 Å².